The summed E-state index contributed by atoms with van der Waals surface area (Å²) in [5.41, 5.74) is 3.25. The molecular weight excluding hydrogens is 323 g/mol. The van der Waals surface area contributed by atoms with E-state index in [0.29, 0.717) is 0 Å². The third-order valence-electron chi connectivity index (χ3n) is 3.76. The minimum atomic E-state index is -1.77. The van der Waals surface area contributed by atoms with Gasteiger partial charge in [-0.3, -0.25) is 0 Å². The number of hydrogen-bond donors (Lipinski definition) is 0. The van der Waals surface area contributed by atoms with E-state index in [1.54, 1.807) is 16.5 Å². The monoisotopic (exact) mass is 346 g/mol. The van der Waals surface area contributed by atoms with Crippen LogP contribution in [0.15, 0.2) is 36.4 Å². The second-order valence-corrected chi connectivity index (χ2v) is 22.5. The molecule has 1 aliphatic carbocycles. The van der Waals surface area contributed by atoms with Gasteiger partial charge in [0.2, 0.25) is 0 Å². The standard InChI is InChI=1S/C14H13.3CH3.Sn/c1-10-4-2-5-12-6-3-7-13(14(10)12)11-8-9-11;;;;/h2-7,11H,1,8-9H2;3*1H3;. The first-order chi connectivity index (χ1) is 8.54. The van der Waals surface area contributed by atoms with Crippen molar-refractivity contribution in [2.75, 3.05) is 0 Å². The van der Waals surface area contributed by atoms with E-state index in [2.05, 4.69) is 51.2 Å². The van der Waals surface area contributed by atoms with Crippen molar-refractivity contribution in [3.63, 3.8) is 0 Å². The number of hydrogen-bond acceptors (Lipinski definition) is 0. The number of fused-ring (bicyclic) bond motifs is 1. The van der Waals surface area contributed by atoms with Crippen LogP contribution in [-0.4, -0.2) is 18.4 Å². The van der Waals surface area contributed by atoms with E-state index in [0.717, 1.165) is 5.92 Å². The predicted molar refractivity (Wildman–Crippen MR) is 83.0 cm³/mol. The molecule has 0 amide bonds. The quantitative estimate of drug-likeness (QED) is 0.676. The first-order valence-electron chi connectivity index (χ1n) is 7.05. The SMILES string of the molecule is [CH3][Sn]([CH3])([CH3])[CH2]c1cccc2cccc(C3CC3)c12. The second-order valence-electron chi connectivity index (χ2n) is 6.87. The fraction of sp³-hybridized carbons (Fsp3) is 0.412. The molecule has 3 rings (SSSR count). The summed E-state index contributed by atoms with van der Waals surface area (Å²) in [7, 11) is 0. The fourth-order valence-corrected chi connectivity index (χ4v) is 7.01. The average molecular weight is 345 g/mol. The molecule has 1 fully saturated rings. The molecule has 0 nitrogen and oxygen atoms in total. The van der Waals surface area contributed by atoms with Crippen LogP contribution in [0.5, 0.6) is 0 Å². The van der Waals surface area contributed by atoms with Gasteiger partial charge in [0.15, 0.2) is 0 Å². The van der Waals surface area contributed by atoms with Crippen LogP contribution in [0, 0.1) is 0 Å². The van der Waals surface area contributed by atoms with E-state index >= 15 is 0 Å². The van der Waals surface area contributed by atoms with Gasteiger partial charge in [0.1, 0.15) is 0 Å². The molecule has 0 bridgehead atoms. The molecule has 0 atom stereocenters. The molecule has 94 valence electrons. The Morgan fingerprint density at radius 1 is 1.00 bits per heavy atom. The summed E-state index contributed by atoms with van der Waals surface area (Å²) in [5.74, 6) is 0.852. The van der Waals surface area contributed by atoms with Gasteiger partial charge in [-0.25, -0.2) is 0 Å². The van der Waals surface area contributed by atoms with Crippen molar-refractivity contribution in [3.8, 4) is 0 Å². The van der Waals surface area contributed by atoms with Crippen molar-refractivity contribution in [1.82, 2.24) is 0 Å². The van der Waals surface area contributed by atoms with E-state index in [1.165, 1.54) is 22.7 Å². The second kappa shape index (κ2) is 4.55. The zero-order valence-electron chi connectivity index (χ0n) is 11.7. The third kappa shape index (κ3) is 2.59. The van der Waals surface area contributed by atoms with Gasteiger partial charge in [0, 0.05) is 0 Å². The minimum absolute atomic E-state index is 0.852. The molecule has 1 saturated carbocycles. The molecule has 0 saturated heterocycles. The van der Waals surface area contributed by atoms with Crippen molar-refractivity contribution >= 4 is 29.1 Å². The number of rotatable bonds is 3. The Morgan fingerprint density at radius 2 is 1.67 bits per heavy atom. The first kappa shape index (κ1) is 12.5. The summed E-state index contributed by atoms with van der Waals surface area (Å²) in [4.78, 5) is 7.60. The van der Waals surface area contributed by atoms with Gasteiger partial charge in [-0.15, -0.1) is 0 Å². The molecule has 0 spiro atoms. The van der Waals surface area contributed by atoms with Gasteiger partial charge in [0.05, 0.1) is 0 Å². The third-order valence-corrected chi connectivity index (χ3v) is 7.88. The summed E-state index contributed by atoms with van der Waals surface area (Å²) in [6, 6.07) is 13.8. The Kier molecular flexibility index (Phi) is 3.17. The van der Waals surface area contributed by atoms with E-state index in [4.69, 9.17) is 0 Å². The Bertz CT molecular complexity index is 568. The Labute approximate surface area is 114 Å². The van der Waals surface area contributed by atoms with Gasteiger partial charge in [-0.2, -0.15) is 0 Å². The predicted octanol–water partition coefficient (Wildman–Crippen LogP) is 5.14. The summed E-state index contributed by atoms with van der Waals surface area (Å²) in [6.07, 6.45) is 2.79. The molecule has 0 aromatic heterocycles. The summed E-state index contributed by atoms with van der Waals surface area (Å²) < 4.78 is 1.37. The Morgan fingerprint density at radius 3 is 2.28 bits per heavy atom. The summed E-state index contributed by atoms with van der Waals surface area (Å²) in [5, 5.41) is 3.04. The van der Waals surface area contributed by atoms with Crippen LogP contribution in [0.3, 0.4) is 0 Å². The van der Waals surface area contributed by atoms with Gasteiger partial charge in [0.25, 0.3) is 0 Å². The van der Waals surface area contributed by atoms with Crippen LogP contribution in [0.2, 0.25) is 14.8 Å². The van der Waals surface area contributed by atoms with Gasteiger partial charge in [-0.1, -0.05) is 0 Å². The first-order valence-corrected chi connectivity index (χ1v) is 17.6. The molecule has 0 aliphatic heterocycles. The topological polar surface area (TPSA) is 0 Å². The van der Waals surface area contributed by atoms with Crippen LogP contribution >= 0.6 is 0 Å². The molecular formula is C17H22Sn. The molecule has 2 aromatic rings. The fourth-order valence-electron chi connectivity index (χ4n) is 2.90. The van der Waals surface area contributed by atoms with E-state index in [-0.39, 0.29) is 0 Å². The molecule has 0 unspecified atom stereocenters. The van der Waals surface area contributed by atoms with Crippen molar-refractivity contribution in [2.24, 2.45) is 0 Å². The van der Waals surface area contributed by atoms with Crippen molar-refractivity contribution in [3.05, 3.63) is 47.5 Å². The molecule has 1 heteroatoms. The van der Waals surface area contributed by atoms with E-state index < -0.39 is 18.4 Å². The molecule has 2 aromatic carbocycles. The Balaban J connectivity index is 2.18. The molecule has 0 radical (unpaired) electrons. The van der Waals surface area contributed by atoms with Crippen LogP contribution in [0.1, 0.15) is 29.9 Å². The van der Waals surface area contributed by atoms with Gasteiger partial charge < -0.3 is 0 Å². The van der Waals surface area contributed by atoms with Crippen LogP contribution in [0.4, 0.5) is 0 Å². The van der Waals surface area contributed by atoms with Crippen molar-refractivity contribution in [2.45, 2.75) is 38.0 Å². The van der Waals surface area contributed by atoms with E-state index in [1.807, 2.05) is 0 Å². The zero-order valence-corrected chi connectivity index (χ0v) is 14.5. The normalized spacial score (nSPS) is 16.2. The van der Waals surface area contributed by atoms with Gasteiger partial charge >= 0.3 is 115 Å². The zero-order chi connectivity index (χ0) is 12.8. The molecule has 1 aliphatic rings. The Hall–Kier alpha value is -0.501. The van der Waals surface area contributed by atoms with E-state index in [9.17, 15) is 0 Å². The average Bonchev–Trinajstić information content (AvgIpc) is 3.10. The number of benzene rings is 2. The van der Waals surface area contributed by atoms with Gasteiger partial charge in [-0.05, 0) is 0 Å². The van der Waals surface area contributed by atoms with Crippen molar-refractivity contribution < 1.29 is 0 Å². The van der Waals surface area contributed by atoms with Crippen molar-refractivity contribution in [1.29, 1.82) is 0 Å². The van der Waals surface area contributed by atoms with Crippen LogP contribution in [-0.2, 0) is 4.44 Å². The maximum absolute atomic E-state index is 2.53. The molecule has 0 N–H and O–H groups in total. The maximum atomic E-state index is 2.53. The summed E-state index contributed by atoms with van der Waals surface area (Å²) in [6.45, 7) is 0. The molecule has 0 heterocycles. The van der Waals surface area contributed by atoms with Crippen LogP contribution in [0.25, 0.3) is 10.8 Å². The molecule has 18 heavy (non-hydrogen) atoms. The van der Waals surface area contributed by atoms with Crippen LogP contribution < -0.4 is 0 Å². The summed E-state index contributed by atoms with van der Waals surface area (Å²) >= 11 is -1.77.